The van der Waals surface area contributed by atoms with Crippen molar-refractivity contribution in [2.45, 2.75) is 16.5 Å². The number of nitrogens with one attached hydrogen (secondary N) is 1. The minimum Gasteiger partial charge on any atom is -0.376 e. The molecule has 1 fully saturated rings. The highest BCUT2D eigenvalue weighted by Gasteiger charge is 2.46. The minimum absolute atomic E-state index is 0.0443. The Morgan fingerprint density at radius 2 is 1.87 bits per heavy atom. The number of benzene rings is 1. The van der Waals surface area contributed by atoms with E-state index >= 15 is 0 Å². The molecule has 0 spiro atoms. The van der Waals surface area contributed by atoms with Crippen molar-refractivity contribution in [1.29, 1.82) is 0 Å². The van der Waals surface area contributed by atoms with Crippen LogP contribution < -0.4 is 5.32 Å². The summed E-state index contributed by atoms with van der Waals surface area (Å²) in [5.74, 6) is -0.546. The predicted molar refractivity (Wildman–Crippen MR) is 72.6 cm³/mol. The Kier molecular flexibility index (Phi) is 5.27. The van der Waals surface area contributed by atoms with Gasteiger partial charge in [0.25, 0.3) is 15.7 Å². The lowest BCUT2D eigenvalue weighted by molar-refractivity contribution is -0.0855. The second kappa shape index (κ2) is 6.85. The lowest BCUT2D eigenvalue weighted by atomic mass is 10.2. The highest BCUT2D eigenvalue weighted by molar-refractivity contribution is 7.92. The third-order valence-electron chi connectivity index (χ3n) is 3.11. The maximum absolute atomic E-state index is 12.4. The van der Waals surface area contributed by atoms with Crippen LogP contribution in [0.1, 0.15) is 10.4 Å². The molecule has 0 saturated carbocycles. The normalized spacial score (nSPS) is 19.3. The molecule has 6 nitrogen and oxygen atoms in total. The Labute approximate surface area is 130 Å². The van der Waals surface area contributed by atoms with Gasteiger partial charge in [0.05, 0.1) is 30.8 Å². The van der Waals surface area contributed by atoms with Gasteiger partial charge in [0.2, 0.25) is 0 Å². The molecule has 10 heteroatoms. The van der Waals surface area contributed by atoms with E-state index in [2.05, 4.69) is 5.32 Å². The van der Waals surface area contributed by atoms with Gasteiger partial charge >= 0.3 is 5.51 Å². The maximum atomic E-state index is 12.4. The molecule has 1 atom stereocenters. The molecule has 1 aromatic rings. The van der Waals surface area contributed by atoms with E-state index in [4.69, 9.17) is 9.47 Å². The van der Waals surface area contributed by atoms with E-state index in [1.165, 1.54) is 0 Å². The van der Waals surface area contributed by atoms with Gasteiger partial charge in [0, 0.05) is 12.1 Å². The second-order valence-corrected chi connectivity index (χ2v) is 6.69. The summed E-state index contributed by atoms with van der Waals surface area (Å²) < 4.78 is 70.1. The van der Waals surface area contributed by atoms with Crippen molar-refractivity contribution in [2.24, 2.45) is 0 Å². The van der Waals surface area contributed by atoms with E-state index in [1.807, 2.05) is 0 Å². The smallest absolute Gasteiger partial charge is 0.376 e. The molecular formula is C13H14F3NO5S. The standard InChI is InChI=1S/C13H14F3NO5S/c14-13(15,16)23(19,20)11-3-1-9(2-4-11)12(18)17-7-10-8-21-5-6-22-10/h1-4,10H,5-8H2,(H,17,18)/t10-/m1/s1. The summed E-state index contributed by atoms with van der Waals surface area (Å²) in [7, 11) is -5.42. The first-order valence-corrected chi connectivity index (χ1v) is 8.09. The highest BCUT2D eigenvalue weighted by atomic mass is 32.2. The Bertz CT molecular complexity index is 651. The lowest BCUT2D eigenvalue weighted by Gasteiger charge is -2.23. The molecule has 0 radical (unpaired) electrons. The van der Waals surface area contributed by atoms with Crippen molar-refractivity contribution in [1.82, 2.24) is 5.32 Å². The first-order chi connectivity index (χ1) is 10.7. The molecule has 1 aromatic carbocycles. The Morgan fingerprint density at radius 3 is 2.39 bits per heavy atom. The van der Waals surface area contributed by atoms with Crippen LogP contribution in [-0.4, -0.2) is 52.3 Å². The van der Waals surface area contributed by atoms with Crippen molar-refractivity contribution < 1.29 is 35.9 Å². The molecule has 1 heterocycles. The van der Waals surface area contributed by atoms with Gasteiger partial charge in [0.15, 0.2) is 0 Å². The van der Waals surface area contributed by atoms with Crippen LogP contribution in [0.4, 0.5) is 13.2 Å². The highest BCUT2D eigenvalue weighted by Crippen LogP contribution is 2.30. The molecule has 1 aliphatic heterocycles. The number of amides is 1. The number of carbonyl (C=O) groups excluding carboxylic acids is 1. The molecule has 128 valence electrons. The number of sulfone groups is 1. The fourth-order valence-electron chi connectivity index (χ4n) is 1.88. The van der Waals surface area contributed by atoms with Crippen molar-refractivity contribution in [2.75, 3.05) is 26.4 Å². The van der Waals surface area contributed by atoms with E-state index < -0.39 is 26.1 Å². The van der Waals surface area contributed by atoms with Crippen molar-refractivity contribution >= 4 is 15.7 Å². The SMILES string of the molecule is O=C(NC[C@@H]1COCCO1)c1ccc(S(=O)(=O)C(F)(F)F)cc1. The topological polar surface area (TPSA) is 81.7 Å². The van der Waals surface area contributed by atoms with Gasteiger partial charge in [0.1, 0.15) is 0 Å². The van der Waals surface area contributed by atoms with E-state index in [1.54, 1.807) is 0 Å². The zero-order valence-corrected chi connectivity index (χ0v) is 12.6. The van der Waals surface area contributed by atoms with Crippen LogP contribution in [0.25, 0.3) is 0 Å². The lowest BCUT2D eigenvalue weighted by Crippen LogP contribution is -2.39. The van der Waals surface area contributed by atoms with E-state index in [-0.39, 0.29) is 18.2 Å². The fraction of sp³-hybridized carbons (Fsp3) is 0.462. The Balaban J connectivity index is 2.00. The van der Waals surface area contributed by atoms with Gasteiger partial charge < -0.3 is 14.8 Å². The minimum atomic E-state index is -5.42. The van der Waals surface area contributed by atoms with E-state index in [0.717, 1.165) is 24.3 Å². The summed E-state index contributed by atoms with van der Waals surface area (Å²) in [6, 6.07) is 3.54. The quantitative estimate of drug-likeness (QED) is 0.877. The number of carbonyl (C=O) groups is 1. The second-order valence-electron chi connectivity index (χ2n) is 4.75. The van der Waals surface area contributed by atoms with Crippen LogP contribution >= 0.6 is 0 Å². The third kappa shape index (κ3) is 4.21. The van der Waals surface area contributed by atoms with Crippen LogP contribution in [-0.2, 0) is 19.3 Å². The first-order valence-electron chi connectivity index (χ1n) is 6.61. The number of halogens is 3. The summed E-state index contributed by atoms with van der Waals surface area (Å²) in [6.45, 7) is 1.43. The van der Waals surface area contributed by atoms with Crippen LogP contribution in [0.5, 0.6) is 0 Å². The number of rotatable bonds is 4. The zero-order chi connectivity index (χ0) is 17.1. The third-order valence-corrected chi connectivity index (χ3v) is 4.61. The molecule has 0 bridgehead atoms. The maximum Gasteiger partial charge on any atom is 0.501 e. The van der Waals surface area contributed by atoms with Crippen LogP contribution in [0, 0.1) is 0 Å². The van der Waals surface area contributed by atoms with Crippen LogP contribution in [0.15, 0.2) is 29.2 Å². The number of ether oxygens (including phenoxy) is 2. The van der Waals surface area contributed by atoms with Gasteiger partial charge in [-0.1, -0.05) is 0 Å². The van der Waals surface area contributed by atoms with E-state index in [9.17, 15) is 26.4 Å². The molecule has 1 N–H and O–H groups in total. The molecule has 1 amide bonds. The van der Waals surface area contributed by atoms with E-state index in [0.29, 0.717) is 19.8 Å². The average Bonchev–Trinajstić information content (AvgIpc) is 2.52. The van der Waals surface area contributed by atoms with Gasteiger partial charge in [-0.2, -0.15) is 13.2 Å². The average molecular weight is 353 g/mol. The molecule has 0 aromatic heterocycles. The summed E-state index contributed by atoms with van der Waals surface area (Å²) in [4.78, 5) is 11.0. The molecule has 2 rings (SSSR count). The summed E-state index contributed by atoms with van der Waals surface area (Å²) >= 11 is 0. The number of hydrogen-bond donors (Lipinski definition) is 1. The molecular weight excluding hydrogens is 339 g/mol. The van der Waals surface area contributed by atoms with Crippen LogP contribution in [0.3, 0.4) is 0 Å². The Morgan fingerprint density at radius 1 is 1.22 bits per heavy atom. The van der Waals surface area contributed by atoms with Gasteiger partial charge in [-0.25, -0.2) is 8.42 Å². The largest absolute Gasteiger partial charge is 0.501 e. The summed E-state index contributed by atoms with van der Waals surface area (Å²) in [5, 5.41) is 2.54. The monoisotopic (exact) mass is 353 g/mol. The molecule has 0 aliphatic carbocycles. The Hall–Kier alpha value is -1.65. The van der Waals surface area contributed by atoms with Gasteiger partial charge in [-0.15, -0.1) is 0 Å². The molecule has 0 unspecified atom stereocenters. The van der Waals surface area contributed by atoms with Crippen molar-refractivity contribution in [3.63, 3.8) is 0 Å². The number of hydrogen-bond acceptors (Lipinski definition) is 5. The first kappa shape index (κ1) is 17.7. The number of alkyl halides is 3. The summed E-state index contributed by atoms with van der Waals surface area (Å²) in [5.41, 5.74) is -5.34. The predicted octanol–water partition coefficient (Wildman–Crippen LogP) is 1.13. The van der Waals surface area contributed by atoms with Gasteiger partial charge in [-0.3, -0.25) is 4.79 Å². The van der Waals surface area contributed by atoms with Crippen molar-refractivity contribution in [3.05, 3.63) is 29.8 Å². The molecule has 1 aliphatic rings. The summed E-state index contributed by atoms with van der Waals surface area (Å²) in [6.07, 6.45) is -0.294. The van der Waals surface area contributed by atoms with Crippen LogP contribution in [0.2, 0.25) is 0 Å². The molecule has 23 heavy (non-hydrogen) atoms. The van der Waals surface area contributed by atoms with Gasteiger partial charge in [-0.05, 0) is 24.3 Å². The van der Waals surface area contributed by atoms with Crippen molar-refractivity contribution in [3.8, 4) is 0 Å². The fourth-order valence-corrected chi connectivity index (χ4v) is 2.64. The molecule has 1 saturated heterocycles. The zero-order valence-electron chi connectivity index (χ0n) is 11.8.